The Morgan fingerprint density at radius 2 is 1.95 bits per heavy atom. The van der Waals surface area contributed by atoms with E-state index in [9.17, 15) is 4.79 Å². The lowest BCUT2D eigenvalue weighted by Crippen LogP contribution is -2.46. The van der Waals surface area contributed by atoms with Gasteiger partial charge in [0.25, 0.3) is 0 Å². The summed E-state index contributed by atoms with van der Waals surface area (Å²) >= 11 is 0. The molecule has 1 atom stereocenters. The minimum atomic E-state index is -0.173. The Labute approximate surface area is 128 Å². The Kier molecular flexibility index (Phi) is 4.72. The molecule has 1 N–H and O–H groups in total. The van der Waals surface area contributed by atoms with Gasteiger partial charge in [-0.2, -0.15) is 0 Å². The molecule has 1 fully saturated rings. The van der Waals surface area contributed by atoms with Crippen LogP contribution in [0.1, 0.15) is 51.7 Å². The molecule has 1 aromatic carbocycles. The lowest BCUT2D eigenvalue weighted by molar-refractivity contribution is -0.122. The lowest BCUT2D eigenvalue weighted by atomic mass is 9.86. The summed E-state index contributed by atoms with van der Waals surface area (Å²) in [6.07, 6.45) is 2.22. The monoisotopic (exact) mass is 289 g/mol. The highest BCUT2D eigenvalue weighted by Gasteiger charge is 2.30. The number of aryl methyl sites for hydroxylation is 1. The van der Waals surface area contributed by atoms with Gasteiger partial charge in [0.05, 0.1) is 12.1 Å². The van der Waals surface area contributed by atoms with Crippen LogP contribution >= 0.6 is 0 Å². The molecule has 1 aliphatic heterocycles. The maximum absolute atomic E-state index is 12.0. The number of amides is 1. The van der Waals surface area contributed by atoms with E-state index in [1.54, 1.807) is 0 Å². The van der Waals surface area contributed by atoms with Gasteiger partial charge in [0.1, 0.15) is 0 Å². The van der Waals surface area contributed by atoms with Gasteiger partial charge in [0.2, 0.25) is 5.91 Å². The Bertz CT molecular complexity index is 479. The van der Waals surface area contributed by atoms with Gasteiger partial charge in [0.15, 0.2) is 0 Å². The molecular weight excluding hydrogens is 262 g/mol. The molecule has 1 amide bonds. The van der Waals surface area contributed by atoms with Crippen LogP contribution in [0.5, 0.6) is 0 Å². The van der Waals surface area contributed by atoms with E-state index in [0.717, 1.165) is 19.4 Å². The van der Waals surface area contributed by atoms with E-state index in [0.29, 0.717) is 13.0 Å². The highest BCUT2D eigenvalue weighted by molar-refractivity contribution is 5.77. The van der Waals surface area contributed by atoms with Gasteiger partial charge in [-0.05, 0) is 36.3 Å². The zero-order valence-electron chi connectivity index (χ0n) is 13.7. The normalized spacial score (nSPS) is 22.3. The molecule has 3 heteroatoms. The van der Waals surface area contributed by atoms with Crippen LogP contribution in [0.3, 0.4) is 0 Å². The summed E-state index contributed by atoms with van der Waals surface area (Å²) in [5.74, 6) is 0.114. The van der Waals surface area contributed by atoms with Gasteiger partial charge in [0, 0.05) is 13.0 Å². The molecular formula is C18H27NO2. The fourth-order valence-electron chi connectivity index (χ4n) is 2.59. The summed E-state index contributed by atoms with van der Waals surface area (Å²) < 4.78 is 5.35. The summed E-state index contributed by atoms with van der Waals surface area (Å²) in [5, 5.41) is 3.10. The van der Waals surface area contributed by atoms with Gasteiger partial charge in [-0.3, -0.25) is 4.79 Å². The standard InChI is InChI=1S/C18H27NO2/c1-17(2,3)15-8-5-14(6-9-15)7-10-16(20)19-18(4)11-12-21-13-18/h5-6,8-9H,7,10-13H2,1-4H3,(H,19,20)/t18-/m1/s1. The zero-order chi connectivity index (χ0) is 15.5. The predicted octanol–water partition coefficient (Wildman–Crippen LogP) is 3.21. The molecule has 1 saturated heterocycles. The third-order valence-corrected chi connectivity index (χ3v) is 4.12. The number of nitrogens with one attached hydrogen (secondary N) is 1. The maximum Gasteiger partial charge on any atom is 0.220 e. The molecule has 1 heterocycles. The Morgan fingerprint density at radius 1 is 1.29 bits per heavy atom. The van der Waals surface area contributed by atoms with Crippen molar-refractivity contribution in [2.24, 2.45) is 0 Å². The van der Waals surface area contributed by atoms with E-state index in [-0.39, 0.29) is 16.9 Å². The predicted molar refractivity (Wildman–Crippen MR) is 85.4 cm³/mol. The molecule has 2 rings (SSSR count). The summed E-state index contributed by atoms with van der Waals surface area (Å²) in [4.78, 5) is 12.0. The highest BCUT2D eigenvalue weighted by atomic mass is 16.5. The van der Waals surface area contributed by atoms with Crippen molar-refractivity contribution < 1.29 is 9.53 Å². The SMILES string of the molecule is CC(C)(C)c1ccc(CCC(=O)N[C@]2(C)CCOC2)cc1. The maximum atomic E-state index is 12.0. The van der Waals surface area contributed by atoms with Crippen LogP contribution in [-0.2, 0) is 21.4 Å². The van der Waals surface area contributed by atoms with Gasteiger partial charge >= 0.3 is 0 Å². The fraction of sp³-hybridized carbons (Fsp3) is 0.611. The average molecular weight is 289 g/mol. The molecule has 1 aromatic rings. The number of ether oxygens (including phenoxy) is 1. The van der Waals surface area contributed by atoms with E-state index in [1.807, 2.05) is 0 Å². The van der Waals surface area contributed by atoms with Crippen molar-refractivity contribution in [2.45, 2.75) is 57.9 Å². The Balaban J connectivity index is 1.84. The van der Waals surface area contributed by atoms with Crippen LogP contribution in [-0.4, -0.2) is 24.7 Å². The van der Waals surface area contributed by atoms with Crippen molar-refractivity contribution in [3.63, 3.8) is 0 Å². The summed E-state index contributed by atoms with van der Waals surface area (Å²) in [7, 11) is 0. The third kappa shape index (κ3) is 4.57. The van der Waals surface area contributed by atoms with Crippen LogP contribution in [0.25, 0.3) is 0 Å². The first kappa shape index (κ1) is 16.0. The minimum Gasteiger partial charge on any atom is -0.379 e. The number of rotatable bonds is 4. The van der Waals surface area contributed by atoms with E-state index in [4.69, 9.17) is 4.74 Å². The molecule has 116 valence electrons. The summed E-state index contributed by atoms with van der Waals surface area (Å²) in [6.45, 7) is 10.0. The number of hydrogen-bond acceptors (Lipinski definition) is 2. The van der Waals surface area contributed by atoms with Crippen molar-refractivity contribution in [2.75, 3.05) is 13.2 Å². The second kappa shape index (κ2) is 6.18. The smallest absolute Gasteiger partial charge is 0.220 e. The minimum absolute atomic E-state index is 0.114. The molecule has 1 aliphatic rings. The van der Waals surface area contributed by atoms with E-state index < -0.39 is 0 Å². The molecule has 0 unspecified atom stereocenters. The second-order valence-electron chi connectivity index (χ2n) is 7.36. The number of carbonyl (C=O) groups excluding carboxylic acids is 1. The number of carbonyl (C=O) groups is 1. The molecule has 21 heavy (non-hydrogen) atoms. The lowest BCUT2D eigenvalue weighted by Gasteiger charge is -2.23. The highest BCUT2D eigenvalue weighted by Crippen LogP contribution is 2.22. The van der Waals surface area contributed by atoms with E-state index in [1.165, 1.54) is 11.1 Å². The van der Waals surface area contributed by atoms with Crippen molar-refractivity contribution in [1.82, 2.24) is 5.32 Å². The van der Waals surface area contributed by atoms with Crippen LogP contribution in [0.15, 0.2) is 24.3 Å². The van der Waals surface area contributed by atoms with Gasteiger partial charge in [-0.1, -0.05) is 45.0 Å². The topological polar surface area (TPSA) is 38.3 Å². The zero-order valence-corrected chi connectivity index (χ0v) is 13.7. The Hall–Kier alpha value is -1.35. The molecule has 0 aliphatic carbocycles. The van der Waals surface area contributed by atoms with Crippen molar-refractivity contribution >= 4 is 5.91 Å². The largest absolute Gasteiger partial charge is 0.379 e. The van der Waals surface area contributed by atoms with Crippen LogP contribution in [0.4, 0.5) is 0 Å². The average Bonchev–Trinajstić information content (AvgIpc) is 2.82. The first-order valence-electron chi connectivity index (χ1n) is 7.77. The summed E-state index contributed by atoms with van der Waals surface area (Å²) in [5.41, 5.74) is 2.54. The molecule has 0 saturated carbocycles. The van der Waals surface area contributed by atoms with Crippen molar-refractivity contribution in [3.05, 3.63) is 35.4 Å². The molecule has 3 nitrogen and oxygen atoms in total. The van der Waals surface area contributed by atoms with Gasteiger partial charge in [-0.15, -0.1) is 0 Å². The molecule has 0 bridgehead atoms. The fourth-order valence-corrected chi connectivity index (χ4v) is 2.59. The van der Waals surface area contributed by atoms with Crippen molar-refractivity contribution in [3.8, 4) is 0 Å². The number of hydrogen-bond donors (Lipinski definition) is 1. The molecule has 0 spiro atoms. The van der Waals surface area contributed by atoms with Gasteiger partial charge < -0.3 is 10.1 Å². The third-order valence-electron chi connectivity index (χ3n) is 4.12. The van der Waals surface area contributed by atoms with Gasteiger partial charge in [-0.25, -0.2) is 0 Å². The van der Waals surface area contributed by atoms with E-state index in [2.05, 4.69) is 57.3 Å². The molecule has 0 radical (unpaired) electrons. The quantitative estimate of drug-likeness (QED) is 0.924. The van der Waals surface area contributed by atoms with Crippen LogP contribution in [0.2, 0.25) is 0 Å². The Morgan fingerprint density at radius 3 is 2.48 bits per heavy atom. The van der Waals surface area contributed by atoms with Crippen molar-refractivity contribution in [1.29, 1.82) is 0 Å². The summed E-state index contributed by atoms with van der Waals surface area (Å²) in [6, 6.07) is 8.60. The molecule has 0 aromatic heterocycles. The first-order chi connectivity index (χ1) is 9.78. The number of benzene rings is 1. The first-order valence-corrected chi connectivity index (χ1v) is 7.77. The van der Waals surface area contributed by atoms with Crippen LogP contribution < -0.4 is 5.32 Å². The van der Waals surface area contributed by atoms with E-state index >= 15 is 0 Å². The second-order valence-corrected chi connectivity index (χ2v) is 7.36. The van der Waals surface area contributed by atoms with Crippen LogP contribution in [0, 0.1) is 0 Å².